The van der Waals surface area contributed by atoms with E-state index in [9.17, 15) is 19.2 Å². The Morgan fingerprint density at radius 2 is 1.78 bits per heavy atom. The van der Waals surface area contributed by atoms with Gasteiger partial charge in [0.05, 0.1) is 11.1 Å². The summed E-state index contributed by atoms with van der Waals surface area (Å²) in [7, 11) is 0. The number of aromatic nitrogens is 2. The van der Waals surface area contributed by atoms with Crippen LogP contribution in [0.2, 0.25) is 0 Å². The van der Waals surface area contributed by atoms with E-state index in [1.807, 2.05) is 6.07 Å². The Bertz CT molecular complexity index is 1100. The molecule has 0 radical (unpaired) electrons. The number of carbonyl (C=O) groups excluding carboxylic acids is 4. The molecule has 0 bridgehead atoms. The van der Waals surface area contributed by atoms with Crippen LogP contribution in [0.5, 0.6) is 0 Å². The van der Waals surface area contributed by atoms with Gasteiger partial charge in [0.2, 0.25) is 11.8 Å². The standard InChI is InChI=1S/C22H24N6O4/c29-19-4-3-17(20(30)25-19)28-21(31)14-2-1-12(9-15(14)22(28)32)11-24-18-10-16(26-27-18)13-5-7-23-8-6-13/h1-2,9-10,13,17,23H,3-8,11H2,(H2,24,26,27)(H,25,29,30). The molecule has 32 heavy (non-hydrogen) atoms. The van der Waals surface area contributed by atoms with Crippen molar-refractivity contribution in [1.82, 2.24) is 25.7 Å². The van der Waals surface area contributed by atoms with Crippen molar-refractivity contribution in [3.8, 4) is 0 Å². The van der Waals surface area contributed by atoms with E-state index in [1.54, 1.807) is 18.2 Å². The number of nitrogens with one attached hydrogen (secondary N) is 4. The topological polar surface area (TPSA) is 136 Å². The third-order valence-corrected chi connectivity index (χ3v) is 6.35. The van der Waals surface area contributed by atoms with Crippen LogP contribution < -0.4 is 16.0 Å². The third kappa shape index (κ3) is 3.66. The van der Waals surface area contributed by atoms with Crippen molar-refractivity contribution in [2.45, 2.75) is 44.2 Å². The summed E-state index contributed by atoms with van der Waals surface area (Å²) in [6, 6.07) is 6.13. The average molecular weight is 436 g/mol. The second kappa shape index (κ2) is 8.19. The summed E-state index contributed by atoms with van der Waals surface area (Å²) in [4.78, 5) is 50.3. The minimum atomic E-state index is -0.959. The van der Waals surface area contributed by atoms with Crippen LogP contribution in [0.3, 0.4) is 0 Å². The molecule has 4 amide bonds. The Morgan fingerprint density at radius 3 is 2.56 bits per heavy atom. The van der Waals surface area contributed by atoms with Crippen LogP contribution >= 0.6 is 0 Å². The van der Waals surface area contributed by atoms with Gasteiger partial charge in [-0.15, -0.1) is 0 Å². The van der Waals surface area contributed by atoms with Crippen molar-refractivity contribution in [2.24, 2.45) is 0 Å². The van der Waals surface area contributed by atoms with Gasteiger partial charge in [-0.05, 0) is 50.0 Å². The summed E-state index contributed by atoms with van der Waals surface area (Å²) in [5.74, 6) is -0.807. The zero-order valence-electron chi connectivity index (χ0n) is 17.4. The molecule has 10 heteroatoms. The van der Waals surface area contributed by atoms with E-state index in [2.05, 4.69) is 26.1 Å². The molecule has 1 unspecified atom stereocenters. The second-order valence-electron chi connectivity index (χ2n) is 8.41. The van der Waals surface area contributed by atoms with Crippen LogP contribution in [0.4, 0.5) is 5.82 Å². The highest BCUT2D eigenvalue weighted by molar-refractivity contribution is 6.23. The van der Waals surface area contributed by atoms with Crippen LogP contribution in [0.25, 0.3) is 0 Å². The largest absolute Gasteiger partial charge is 0.365 e. The highest BCUT2D eigenvalue weighted by Gasteiger charge is 2.44. The van der Waals surface area contributed by atoms with Gasteiger partial charge >= 0.3 is 0 Å². The van der Waals surface area contributed by atoms with E-state index >= 15 is 0 Å². The molecule has 3 aliphatic rings. The Morgan fingerprint density at radius 1 is 1.00 bits per heavy atom. The minimum absolute atomic E-state index is 0.0992. The molecule has 1 atom stereocenters. The van der Waals surface area contributed by atoms with E-state index in [-0.39, 0.29) is 24.0 Å². The number of hydrogen-bond acceptors (Lipinski definition) is 7. The van der Waals surface area contributed by atoms with Crippen LogP contribution in [-0.4, -0.2) is 57.9 Å². The van der Waals surface area contributed by atoms with Crippen molar-refractivity contribution in [1.29, 1.82) is 0 Å². The highest BCUT2D eigenvalue weighted by atomic mass is 16.2. The van der Waals surface area contributed by atoms with Crippen molar-refractivity contribution < 1.29 is 19.2 Å². The first-order valence-corrected chi connectivity index (χ1v) is 10.9. The molecule has 10 nitrogen and oxygen atoms in total. The van der Waals surface area contributed by atoms with Crippen molar-refractivity contribution in [3.63, 3.8) is 0 Å². The number of nitrogens with zero attached hydrogens (tertiary/aromatic N) is 2. The molecule has 2 saturated heterocycles. The van der Waals surface area contributed by atoms with Crippen LogP contribution in [0, 0.1) is 0 Å². The maximum Gasteiger partial charge on any atom is 0.262 e. The average Bonchev–Trinajstić information content (AvgIpc) is 3.37. The molecule has 166 valence electrons. The Kier molecular flexibility index (Phi) is 5.22. The second-order valence-corrected chi connectivity index (χ2v) is 8.41. The Balaban J connectivity index is 1.27. The number of benzene rings is 1. The molecule has 0 aliphatic carbocycles. The van der Waals surface area contributed by atoms with Crippen LogP contribution in [0.1, 0.15) is 63.6 Å². The predicted molar refractivity (Wildman–Crippen MR) is 114 cm³/mol. The summed E-state index contributed by atoms with van der Waals surface area (Å²) >= 11 is 0. The zero-order chi connectivity index (χ0) is 22.2. The number of fused-ring (bicyclic) bond motifs is 1. The number of piperidine rings is 2. The number of carbonyl (C=O) groups is 4. The number of H-pyrrole nitrogens is 1. The van der Waals surface area contributed by atoms with Gasteiger partial charge in [0.15, 0.2) is 0 Å². The van der Waals surface area contributed by atoms with Gasteiger partial charge < -0.3 is 10.6 Å². The van der Waals surface area contributed by atoms with Gasteiger partial charge in [-0.3, -0.25) is 34.5 Å². The number of anilines is 1. The van der Waals surface area contributed by atoms with Crippen LogP contribution in [-0.2, 0) is 16.1 Å². The summed E-state index contributed by atoms with van der Waals surface area (Å²) < 4.78 is 0. The molecule has 4 N–H and O–H groups in total. The van der Waals surface area contributed by atoms with Crippen molar-refractivity contribution >= 4 is 29.4 Å². The highest BCUT2D eigenvalue weighted by Crippen LogP contribution is 2.29. The first-order valence-electron chi connectivity index (χ1n) is 10.9. The fraction of sp³-hybridized carbons (Fsp3) is 0.409. The fourth-order valence-corrected chi connectivity index (χ4v) is 4.59. The van der Waals surface area contributed by atoms with E-state index in [1.165, 1.54) is 0 Å². The quantitative estimate of drug-likeness (QED) is 0.511. The Labute approximate surface area is 184 Å². The monoisotopic (exact) mass is 436 g/mol. The van der Waals surface area contributed by atoms with E-state index in [0.29, 0.717) is 12.5 Å². The van der Waals surface area contributed by atoms with Gasteiger partial charge in [-0.25, -0.2) is 0 Å². The van der Waals surface area contributed by atoms with E-state index in [4.69, 9.17) is 0 Å². The first kappa shape index (κ1) is 20.4. The molecule has 3 aliphatic heterocycles. The zero-order valence-corrected chi connectivity index (χ0v) is 17.4. The maximum atomic E-state index is 12.9. The lowest BCUT2D eigenvalue weighted by Gasteiger charge is -2.27. The molecule has 5 rings (SSSR count). The molecular formula is C22H24N6O4. The van der Waals surface area contributed by atoms with Gasteiger partial charge in [0, 0.05) is 30.6 Å². The molecule has 4 heterocycles. The summed E-state index contributed by atoms with van der Waals surface area (Å²) in [5.41, 5.74) is 2.48. The summed E-state index contributed by atoms with van der Waals surface area (Å²) in [5, 5.41) is 16.3. The molecule has 2 fully saturated rings. The lowest BCUT2D eigenvalue weighted by molar-refractivity contribution is -0.136. The van der Waals surface area contributed by atoms with Gasteiger partial charge in [0.1, 0.15) is 11.9 Å². The van der Waals surface area contributed by atoms with Gasteiger partial charge in [0.25, 0.3) is 11.8 Å². The maximum absolute atomic E-state index is 12.9. The van der Waals surface area contributed by atoms with E-state index in [0.717, 1.165) is 47.9 Å². The van der Waals surface area contributed by atoms with Gasteiger partial charge in [-0.2, -0.15) is 5.10 Å². The molecule has 0 saturated carbocycles. The van der Waals surface area contributed by atoms with Crippen molar-refractivity contribution in [3.05, 3.63) is 46.6 Å². The molecule has 1 aromatic carbocycles. The number of rotatable bonds is 5. The summed E-state index contributed by atoms with van der Waals surface area (Å²) in [6.45, 7) is 2.44. The first-order chi connectivity index (χ1) is 15.5. The Hall–Kier alpha value is -3.53. The van der Waals surface area contributed by atoms with Crippen molar-refractivity contribution in [2.75, 3.05) is 18.4 Å². The molecule has 2 aromatic rings. The number of imide groups is 2. The van der Waals surface area contributed by atoms with E-state index < -0.39 is 29.7 Å². The molecular weight excluding hydrogens is 412 g/mol. The number of amides is 4. The smallest absolute Gasteiger partial charge is 0.262 e. The molecule has 0 spiro atoms. The summed E-state index contributed by atoms with van der Waals surface area (Å²) in [6.07, 6.45) is 2.39. The normalized spacial score (nSPS) is 21.6. The fourth-order valence-electron chi connectivity index (χ4n) is 4.59. The minimum Gasteiger partial charge on any atom is -0.365 e. The SMILES string of the molecule is O=C1CCC(N2C(=O)c3ccc(CNc4cc(C5CCNCC5)[nH]n4)cc3C2=O)C(=O)N1. The van der Waals surface area contributed by atoms with Gasteiger partial charge in [-0.1, -0.05) is 6.07 Å². The number of aromatic amines is 1. The molecule has 1 aromatic heterocycles. The lowest BCUT2D eigenvalue weighted by Crippen LogP contribution is -2.54. The predicted octanol–water partition coefficient (Wildman–Crippen LogP) is 0.890. The third-order valence-electron chi connectivity index (χ3n) is 6.35. The lowest BCUT2D eigenvalue weighted by atomic mass is 9.95. The van der Waals surface area contributed by atoms with Crippen LogP contribution in [0.15, 0.2) is 24.3 Å². The number of hydrogen-bond donors (Lipinski definition) is 4.